The molecule has 1 aliphatic carbocycles. The Morgan fingerprint density at radius 1 is 1.35 bits per heavy atom. The van der Waals surface area contributed by atoms with Crippen LogP contribution in [0.4, 0.5) is 0 Å². The molecule has 0 unspecified atom stereocenters. The lowest BCUT2D eigenvalue weighted by molar-refractivity contribution is -0.00862. The van der Waals surface area contributed by atoms with Gasteiger partial charge in [0.05, 0.1) is 18.4 Å². The van der Waals surface area contributed by atoms with E-state index in [1.165, 1.54) is 19.3 Å². The fourth-order valence-electron chi connectivity index (χ4n) is 2.02. The first-order chi connectivity index (χ1) is 8.35. The van der Waals surface area contributed by atoms with E-state index >= 15 is 0 Å². The van der Waals surface area contributed by atoms with E-state index in [4.69, 9.17) is 14.2 Å². The fraction of sp³-hybridized carbons (Fsp3) is 0.385. The minimum Gasteiger partial charge on any atom is -0.469 e. The Labute approximate surface area is 101 Å². The predicted molar refractivity (Wildman–Crippen MR) is 66.2 cm³/mol. The molecule has 0 saturated heterocycles. The van der Waals surface area contributed by atoms with Crippen LogP contribution in [0.25, 0.3) is 11.0 Å². The van der Waals surface area contributed by atoms with E-state index in [0.717, 1.165) is 24.0 Å². The van der Waals surface area contributed by atoms with Crippen molar-refractivity contribution in [2.24, 2.45) is 0 Å². The van der Waals surface area contributed by atoms with Crippen molar-refractivity contribution < 1.29 is 14.2 Å². The van der Waals surface area contributed by atoms with Gasteiger partial charge >= 0.3 is 7.48 Å². The first-order valence-electron chi connectivity index (χ1n) is 5.96. The summed E-state index contributed by atoms with van der Waals surface area (Å²) in [5.41, 5.74) is 2.42. The van der Waals surface area contributed by atoms with Gasteiger partial charge in [-0.1, -0.05) is 6.07 Å². The molecule has 1 fully saturated rings. The largest absolute Gasteiger partial charge is 0.469 e. The number of benzene rings is 1. The Morgan fingerprint density at radius 2 is 2.24 bits per heavy atom. The van der Waals surface area contributed by atoms with Gasteiger partial charge in [0.2, 0.25) is 0 Å². The minimum absolute atomic E-state index is 0.455. The van der Waals surface area contributed by atoms with Gasteiger partial charge in [0.15, 0.2) is 0 Å². The highest BCUT2D eigenvalue weighted by Crippen LogP contribution is 2.24. The molecule has 3 rings (SSSR count). The molecule has 0 amide bonds. The van der Waals surface area contributed by atoms with E-state index in [-0.39, 0.29) is 0 Å². The molecule has 1 heterocycles. The van der Waals surface area contributed by atoms with Crippen LogP contribution in [0.15, 0.2) is 28.7 Å². The van der Waals surface area contributed by atoms with Crippen LogP contribution in [-0.4, -0.2) is 18.6 Å². The summed E-state index contributed by atoms with van der Waals surface area (Å²) in [5.74, 6) is 0. The molecular formula is C13H14BO3. The molecular weight excluding hydrogens is 215 g/mol. The van der Waals surface area contributed by atoms with E-state index in [1.807, 2.05) is 24.3 Å². The third-order valence-corrected chi connectivity index (χ3v) is 3.26. The second-order valence-corrected chi connectivity index (χ2v) is 4.51. The minimum atomic E-state index is 0.455. The number of hydrogen-bond donors (Lipinski definition) is 1. The third kappa shape index (κ3) is 2.23. The summed E-state index contributed by atoms with van der Waals surface area (Å²) in [6, 6.07) is 7.79. The van der Waals surface area contributed by atoms with E-state index in [2.05, 4.69) is 0 Å². The number of furan rings is 1. The highest BCUT2D eigenvalue weighted by molar-refractivity contribution is 6.44. The molecule has 4 heteroatoms. The molecule has 1 aromatic carbocycles. The molecule has 17 heavy (non-hydrogen) atoms. The van der Waals surface area contributed by atoms with Crippen LogP contribution in [0.3, 0.4) is 0 Å². The first-order valence-corrected chi connectivity index (χ1v) is 5.96. The standard InChI is InChI=1S/C13H14BO3/c15-14-13-7-10-6-9(4-5-12(10)17-13)8-16-11-2-1-3-11/h4-7,11,15H,1-3,8H2. The van der Waals surface area contributed by atoms with Crippen LogP contribution in [0.1, 0.15) is 24.8 Å². The molecule has 2 aromatic rings. The number of ether oxygens (including phenoxy) is 1. The quantitative estimate of drug-likeness (QED) is 0.812. The molecule has 1 N–H and O–H groups in total. The number of fused-ring (bicyclic) bond motifs is 1. The second kappa shape index (κ2) is 4.55. The van der Waals surface area contributed by atoms with Crippen LogP contribution in [0.5, 0.6) is 0 Å². The third-order valence-electron chi connectivity index (χ3n) is 3.26. The lowest BCUT2D eigenvalue weighted by Gasteiger charge is -2.25. The van der Waals surface area contributed by atoms with Crippen LogP contribution in [-0.2, 0) is 11.3 Å². The Morgan fingerprint density at radius 3 is 2.94 bits per heavy atom. The molecule has 3 nitrogen and oxygen atoms in total. The average molecular weight is 229 g/mol. The van der Waals surface area contributed by atoms with Crippen molar-refractivity contribution in [2.75, 3.05) is 0 Å². The Bertz CT molecular complexity index is 516. The van der Waals surface area contributed by atoms with Gasteiger partial charge in [-0.3, -0.25) is 0 Å². The Hall–Kier alpha value is -1.26. The summed E-state index contributed by atoms with van der Waals surface area (Å²) in [5, 5.41) is 9.88. The summed E-state index contributed by atoms with van der Waals surface area (Å²) >= 11 is 0. The molecule has 0 aliphatic heterocycles. The topological polar surface area (TPSA) is 42.6 Å². The smallest absolute Gasteiger partial charge is 0.373 e. The number of rotatable bonds is 4. The molecule has 0 spiro atoms. The van der Waals surface area contributed by atoms with Crippen molar-refractivity contribution >= 4 is 24.1 Å². The maximum atomic E-state index is 8.88. The summed E-state index contributed by atoms with van der Waals surface area (Å²) in [4.78, 5) is 0. The van der Waals surface area contributed by atoms with Crippen LogP contribution in [0, 0.1) is 0 Å². The van der Waals surface area contributed by atoms with Crippen molar-refractivity contribution in [3.05, 3.63) is 29.8 Å². The lowest BCUT2D eigenvalue weighted by atomic mass is 9.96. The molecule has 1 saturated carbocycles. The maximum absolute atomic E-state index is 8.88. The molecule has 0 bridgehead atoms. The van der Waals surface area contributed by atoms with Crippen LogP contribution < -0.4 is 5.66 Å². The SMILES string of the molecule is O[B]c1cc2cc(COC3CCC3)ccc2o1. The van der Waals surface area contributed by atoms with E-state index in [0.29, 0.717) is 18.4 Å². The lowest BCUT2D eigenvalue weighted by Crippen LogP contribution is -2.21. The molecule has 1 radical (unpaired) electrons. The van der Waals surface area contributed by atoms with E-state index in [1.54, 1.807) is 0 Å². The summed E-state index contributed by atoms with van der Waals surface area (Å²) < 4.78 is 11.1. The van der Waals surface area contributed by atoms with Crippen LogP contribution >= 0.6 is 0 Å². The highest BCUT2D eigenvalue weighted by atomic mass is 16.5. The van der Waals surface area contributed by atoms with Crippen LogP contribution in [0.2, 0.25) is 0 Å². The maximum Gasteiger partial charge on any atom is 0.373 e. The van der Waals surface area contributed by atoms with E-state index in [9.17, 15) is 0 Å². The molecule has 0 atom stereocenters. The van der Waals surface area contributed by atoms with Crippen molar-refractivity contribution in [1.29, 1.82) is 0 Å². The van der Waals surface area contributed by atoms with Gasteiger partial charge in [0.25, 0.3) is 0 Å². The van der Waals surface area contributed by atoms with Crippen molar-refractivity contribution in [3.8, 4) is 0 Å². The zero-order chi connectivity index (χ0) is 11.7. The predicted octanol–water partition coefficient (Wildman–Crippen LogP) is 1.74. The number of hydrogen-bond acceptors (Lipinski definition) is 3. The Kier molecular flexibility index (Phi) is 2.91. The molecule has 1 aromatic heterocycles. The van der Waals surface area contributed by atoms with Gasteiger partial charge in [0, 0.05) is 5.39 Å². The molecule has 1 aliphatic rings. The van der Waals surface area contributed by atoms with Gasteiger partial charge in [-0.25, -0.2) is 0 Å². The first kappa shape index (κ1) is 10.9. The highest BCUT2D eigenvalue weighted by Gasteiger charge is 2.17. The molecule has 87 valence electrons. The van der Waals surface area contributed by atoms with Gasteiger partial charge < -0.3 is 14.2 Å². The summed E-state index contributed by atoms with van der Waals surface area (Å²) in [7, 11) is 0.977. The summed E-state index contributed by atoms with van der Waals surface area (Å²) in [6.07, 6.45) is 4.13. The Balaban J connectivity index is 1.75. The zero-order valence-electron chi connectivity index (χ0n) is 9.56. The summed E-state index contributed by atoms with van der Waals surface area (Å²) in [6.45, 7) is 0.657. The normalized spacial score (nSPS) is 16.1. The monoisotopic (exact) mass is 229 g/mol. The van der Waals surface area contributed by atoms with Gasteiger partial charge in [0.1, 0.15) is 5.58 Å². The van der Waals surface area contributed by atoms with Gasteiger partial charge in [-0.2, -0.15) is 0 Å². The average Bonchev–Trinajstić information content (AvgIpc) is 2.69. The zero-order valence-corrected chi connectivity index (χ0v) is 9.56. The van der Waals surface area contributed by atoms with Gasteiger partial charge in [-0.15, -0.1) is 0 Å². The second-order valence-electron chi connectivity index (χ2n) is 4.51. The fourth-order valence-corrected chi connectivity index (χ4v) is 2.02. The van der Waals surface area contributed by atoms with E-state index < -0.39 is 0 Å². The van der Waals surface area contributed by atoms with Gasteiger partial charge in [-0.05, 0) is 43.0 Å². The van der Waals surface area contributed by atoms with Crippen molar-refractivity contribution in [3.63, 3.8) is 0 Å². The van der Waals surface area contributed by atoms with Crippen molar-refractivity contribution in [2.45, 2.75) is 32.0 Å². The van der Waals surface area contributed by atoms with Crippen molar-refractivity contribution in [1.82, 2.24) is 0 Å².